The zero-order valence-electron chi connectivity index (χ0n) is 17.6. The molecule has 0 saturated carbocycles. The molecular weight excluding hydrogens is 384 g/mol. The summed E-state index contributed by atoms with van der Waals surface area (Å²) in [7, 11) is 0. The summed E-state index contributed by atoms with van der Waals surface area (Å²) in [5.74, 6) is 0.0302. The minimum absolute atomic E-state index is 0.0725. The number of nitrogens with zero attached hydrogens (tertiary/aromatic N) is 4. The van der Waals surface area contributed by atoms with Crippen molar-refractivity contribution in [3.05, 3.63) is 30.1 Å². The van der Waals surface area contributed by atoms with Crippen LogP contribution in [0.3, 0.4) is 0 Å². The van der Waals surface area contributed by atoms with Crippen molar-refractivity contribution in [2.45, 2.75) is 38.2 Å². The second-order valence-corrected chi connectivity index (χ2v) is 8.54. The third kappa shape index (κ3) is 4.33. The zero-order valence-corrected chi connectivity index (χ0v) is 17.6. The summed E-state index contributed by atoms with van der Waals surface area (Å²) in [5.41, 5.74) is 0.590. The van der Waals surface area contributed by atoms with Gasteiger partial charge in [0.05, 0.1) is 24.5 Å². The Morgan fingerprint density at radius 1 is 1.17 bits per heavy atom. The fraction of sp³-hybridized carbons (Fsp3) is 0.636. The van der Waals surface area contributed by atoms with Crippen LogP contribution in [0.25, 0.3) is 0 Å². The molecule has 0 aliphatic carbocycles. The summed E-state index contributed by atoms with van der Waals surface area (Å²) in [4.78, 5) is 47.2. The van der Waals surface area contributed by atoms with Crippen molar-refractivity contribution in [2.75, 3.05) is 45.9 Å². The highest BCUT2D eigenvalue weighted by Gasteiger charge is 2.43. The maximum atomic E-state index is 12.9. The number of likely N-dealkylation sites (tertiary alicyclic amines) is 2. The van der Waals surface area contributed by atoms with E-state index in [0.29, 0.717) is 58.7 Å². The zero-order chi connectivity index (χ0) is 21.1. The van der Waals surface area contributed by atoms with E-state index in [0.717, 1.165) is 18.4 Å². The Morgan fingerprint density at radius 2 is 1.90 bits per heavy atom. The molecule has 1 atom stereocenters. The molecule has 4 heterocycles. The van der Waals surface area contributed by atoms with Crippen LogP contribution in [0.1, 0.15) is 31.7 Å². The van der Waals surface area contributed by atoms with Gasteiger partial charge < -0.3 is 19.4 Å². The largest absolute Gasteiger partial charge is 0.371 e. The van der Waals surface area contributed by atoms with Crippen molar-refractivity contribution >= 4 is 17.7 Å². The van der Waals surface area contributed by atoms with E-state index in [2.05, 4.69) is 4.98 Å². The summed E-state index contributed by atoms with van der Waals surface area (Å²) >= 11 is 0. The molecule has 0 bridgehead atoms. The Balaban J connectivity index is 1.31. The third-order valence-electron chi connectivity index (χ3n) is 6.64. The maximum absolute atomic E-state index is 12.9. The normalized spacial score (nSPS) is 23.8. The Morgan fingerprint density at radius 3 is 2.57 bits per heavy atom. The van der Waals surface area contributed by atoms with E-state index in [1.807, 2.05) is 28.9 Å². The molecule has 4 rings (SSSR count). The lowest BCUT2D eigenvalue weighted by Crippen LogP contribution is -2.59. The predicted molar refractivity (Wildman–Crippen MR) is 109 cm³/mol. The molecule has 3 amide bonds. The van der Waals surface area contributed by atoms with E-state index >= 15 is 0 Å². The molecule has 3 aliphatic rings. The van der Waals surface area contributed by atoms with E-state index in [9.17, 15) is 14.4 Å². The number of ether oxygens (including phenoxy) is 1. The Hall–Kier alpha value is -2.48. The lowest BCUT2D eigenvalue weighted by Gasteiger charge is -2.47. The standard InChI is InChI=1S/C22H30N4O4/c1-2-24-15-18(14-20(24)28)21(29)25-9-5-22(6-10-25)16-26(11-12-30-22)19(27)13-17-3-7-23-8-4-17/h3-4,7-8,18H,2,5-6,9-16H2,1H3. The monoisotopic (exact) mass is 414 g/mol. The molecule has 3 fully saturated rings. The van der Waals surface area contributed by atoms with Crippen LogP contribution in [0.2, 0.25) is 0 Å². The number of pyridine rings is 1. The van der Waals surface area contributed by atoms with Gasteiger partial charge in [0.2, 0.25) is 17.7 Å². The van der Waals surface area contributed by atoms with Gasteiger partial charge >= 0.3 is 0 Å². The van der Waals surface area contributed by atoms with Crippen LogP contribution >= 0.6 is 0 Å². The van der Waals surface area contributed by atoms with Crippen molar-refractivity contribution in [1.29, 1.82) is 0 Å². The quantitative estimate of drug-likeness (QED) is 0.725. The van der Waals surface area contributed by atoms with Crippen LogP contribution in [-0.2, 0) is 25.5 Å². The van der Waals surface area contributed by atoms with Crippen LogP contribution in [0.4, 0.5) is 0 Å². The minimum Gasteiger partial charge on any atom is -0.371 e. The van der Waals surface area contributed by atoms with Gasteiger partial charge in [0.1, 0.15) is 0 Å². The molecule has 0 N–H and O–H groups in total. The van der Waals surface area contributed by atoms with Gasteiger partial charge in [0.25, 0.3) is 0 Å². The number of piperidine rings is 1. The Labute approximate surface area is 177 Å². The Kier molecular flexibility index (Phi) is 6.04. The minimum atomic E-state index is -0.371. The first-order valence-electron chi connectivity index (χ1n) is 10.9. The van der Waals surface area contributed by atoms with E-state index in [1.54, 1.807) is 17.3 Å². The molecule has 162 valence electrons. The average molecular weight is 415 g/mol. The van der Waals surface area contributed by atoms with Crippen LogP contribution < -0.4 is 0 Å². The summed E-state index contributed by atoms with van der Waals surface area (Å²) < 4.78 is 6.14. The van der Waals surface area contributed by atoms with Crippen LogP contribution in [-0.4, -0.2) is 88.9 Å². The first-order chi connectivity index (χ1) is 14.5. The summed E-state index contributed by atoms with van der Waals surface area (Å²) in [6, 6.07) is 3.73. The second kappa shape index (κ2) is 8.71. The van der Waals surface area contributed by atoms with Crippen molar-refractivity contribution in [3.63, 3.8) is 0 Å². The van der Waals surface area contributed by atoms with Gasteiger partial charge in [0.15, 0.2) is 0 Å². The summed E-state index contributed by atoms with van der Waals surface area (Å²) in [6.07, 6.45) is 5.53. The van der Waals surface area contributed by atoms with Crippen molar-refractivity contribution in [2.24, 2.45) is 5.92 Å². The number of hydrogen-bond donors (Lipinski definition) is 0. The van der Waals surface area contributed by atoms with Gasteiger partial charge in [-0.1, -0.05) is 0 Å². The maximum Gasteiger partial charge on any atom is 0.227 e. The van der Waals surface area contributed by atoms with Crippen LogP contribution in [0.5, 0.6) is 0 Å². The summed E-state index contributed by atoms with van der Waals surface area (Å²) in [6.45, 7) is 6.06. The van der Waals surface area contributed by atoms with Gasteiger partial charge in [-0.3, -0.25) is 19.4 Å². The van der Waals surface area contributed by atoms with E-state index in [1.165, 1.54) is 0 Å². The van der Waals surface area contributed by atoms with Crippen LogP contribution in [0.15, 0.2) is 24.5 Å². The lowest BCUT2D eigenvalue weighted by molar-refractivity contribution is -0.163. The van der Waals surface area contributed by atoms with E-state index in [4.69, 9.17) is 4.74 Å². The fourth-order valence-corrected chi connectivity index (χ4v) is 4.78. The number of rotatable bonds is 4. The van der Waals surface area contributed by atoms with Crippen LogP contribution in [0, 0.1) is 5.92 Å². The Bertz CT molecular complexity index is 792. The highest BCUT2D eigenvalue weighted by molar-refractivity contribution is 5.89. The SMILES string of the molecule is CCN1CC(C(=O)N2CCC3(CC2)CN(C(=O)Cc2ccncc2)CCO3)CC1=O. The van der Waals surface area contributed by atoms with Gasteiger partial charge in [-0.05, 0) is 37.5 Å². The second-order valence-electron chi connectivity index (χ2n) is 8.54. The molecule has 0 radical (unpaired) electrons. The highest BCUT2D eigenvalue weighted by Crippen LogP contribution is 2.32. The van der Waals surface area contributed by atoms with Crippen molar-refractivity contribution < 1.29 is 19.1 Å². The topological polar surface area (TPSA) is 83.1 Å². The molecule has 1 unspecified atom stereocenters. The molecule has 8 heteroatoms. The molecule has 0 aromatic carbocycles. The predicted octanol–water partition coefficient (Wildman–Crippen LogP) is 0.713. The number of hydrogen-bond acceptors (Lipinski definition) is 5. The van der Waals surface area contributed by atoms with Crippen molar-refractivity contribution in [1.82, 2.24) is 19.7 Å². The number of carbonyl (C=O) groups excluding carboxylic acids is 3. The number of carbonyl (C=O) groups is 3. The van der Waals surface area contributed by atoms with Gasteiger partial charge in [0, 0.05) is 58.1 Å². The first kappa shape index (κ1) is 20.8. The molecular formula is C22H30N4O4. The number of aromatic nitrogens is 1. The fourth-order valence-electron chi connectivity index (χ4n) is 4.78. The van der Waals surface area contributed by atoms with E-state index in [-0.39, 0.29) is 29.2 Å². The van der Waals surface area contributed by atoms with Crippen molar-refractivity contribution in [3.8, 4) is 0 Å². The van der Waals surface area contributed by atoms with E-state index < -0.39 is 0 Å². The smallest absolute Gasteiger partial charge is 0.227 e. The molecule has 1 spiro atoms. The lowest BCUT2D eigenvalue weighted by atomic mass is 9.88. The van der Waals surface area contributed by atoms with Gasteiger partial charge in [-0.15, -0.1) is 0 Å². The molecule has 3 saturated heterocycles. The summed E-state index contributed by atoms with van der Waals surface area (Å²) in [5, 5.41) is 0. The molecule has 1 aromatic heterocycles. The van der Waals surface area contributed by atoms with Gasteiger partial charge in [-0.25, -0.2) is 0 Å². The average Bonchev–Trinajstić information content (AvgIpc) is 3.15. The highest BCUT2D eigenvalue weighted by atomic mass is 16.5. The first-order valence-corrected chi connectivity index (χ1v) is 10.9. The number of amides is 3. The van der Waals surface area contributed by atoms with Gasteiger partial charge in [-0.2, -0.15) is 0 Å². The number of morpholine rings is 1. The molecule has 30 heavy (non-hydrogen) atoms. The molecule has 3 aliphatic heterocycles. The third-order valence-corrected chi connectivity index (χ3v) is 6.64. The molecule has 1 aromatic rings. The molecule has 8 nitrogen and oxygen atoms in total.